The summed E-state index contributed by atoms with van der Waals surface area (Å²) in [7, 11) is 0. The lowest BCUT2D eigenvalue weighted by molar-refractivity contribution is -0.315. The number of ether oxygens (including phenoxy) is 6. The molecule has 3 fully saturated rings. The van der Waals surface area contributed by atoms with Gasteiger partial charge < -0.3 is 33.5 Å². The summed E-state index contributed by atoms with van der Waals surface area (Å²) >= 11 is 19.1. The van der Waals surface area contributed by atoms with Gasteiger partial charge in [0.05, 0.1) is 30.0 Å². The maximum absolute atomic E-state index is 12.0. The summed E-state index contributed by atoms with van der Waals surface area (Å²) in [6, 6.07) is 8.86. The first kappa shape index (κ1) is 45.6. The van der Waals surface area contributed by atoms with E-state index in [9.17, 15) is 9.90 Å². The van der Waals surface area contributed by atoms with Crippen LogP contribution in [0.15, 0.2) is 30.3 Å². The van der Waals surface area contributed by atoms with Crippen LogP contribution in [0.4, 0.5) is 0 Å². The third-order valence-corrected chi connectivity index (χ3v) is 13.2. The van der Waals surface area contributed by atoms with Crippen LogP contribution in [0, 0.1) is 46.8 Å². The van der Waals surface area contributed by atoms with Crippen molar-refractivity contribution in [3.8, 4) is 0 Å². The van der Waals surface area contributed by atoms with Crippen LogP contribution in [0.3, 0.4) is 0 Å². The van der Waals surface area contributed by atoms with E-state index in [2.05, 4.69) is 55.4 Å². The van der Waals surface area contributed by atoms with Gasteiger partial charge in [0, 0.05) is 17.1 Å². The minimum absolute atomic E-state index is 0.00817. The number of aliphatic hydroxyl groups excluding tert-OH is 1. The molecule has 0 spiro atoms. The zero-order chi connectivity index (χ0) is 39.1. The fourth-order valence-electron chi connectivity index (χ4n) is 7.03. The molecule has 15 atom stereocenters. The first-order valence-corrected chi connectivity index (χ1v) is 20.9. The van der Waals surface area contributed by atoms with Gasteiger partial charge in [0.2, 0.25) is 12.2 Å². The molecule has 0 saturated carbocycles. The smallest absolute Gasteiger partial charge is 0.338 e. The van der Waals surface area contributed by atoms with Crippen molar-refractivity contribution in [2.45, 2.75) is 147 Å². The van der Waals surface area contributed by atoms with Crippen LogP contribution >= 0.6 is 46.6 Å². The molecule has 3 heterocycles. The number of alkyl halides is 3. The Balaban J connectivity index is 0.000000288. The highest BCUT2D eigenvalue weighted by Crippen LogP contribution is 2.42. The first-order chi connectivity index (χ1) is 24.3. The number of esters is 1. The number of halogens is 3. The van der Waals surface area contributed by atoms with E-state index in [1.165, 1.54) is 0 Å². The first-order valence-electron chi connectivity index (χ1n) is 18.8. The molecular formula is C39H62Cl3NO8S. The molecule has 1 aromatic carbocycles. The quantitative estimate of drug-likeness (QED) is 0.103. The van der Waals surface area contributed by atoms with Gasteiger partial charge in [0.25, 0.3) is 3.79 Å². The van der Waals surface area contributed by atoms with Crippen molar-refractivity contribution < 1.29 is 38.3 Å². The van der Waals surface area contributed by atoms with Gasteiger partial charge in [-0.15, -0.1) is 11.8 Å². The summed E-state index contributed by atoms with van der Waals surface area (Å²) < 4.78 is 34.1. The number of hydrogen-bond donors (Lipinski definition) is 2. The largest absolute Gasteiger partial charge is 0.459 e. The van der Waals surface area contributed by atoms with Crippen LogP contribution in [-0.2, 0) is 28.4 Å². The highest BCUT2D eigenvalue weighted by atomic mass is 35.6. The molecule has 0 amide bonds. The van der Waals surface area contributed by atoms with Gasteiger partial charge in [-0.25, -0.2) is 4.79 Å². The molecule has 3 aliphatic rings. The number of carbonyl (C=O) groups excluding carboxylic acids is 1. The van der Waals surface area contributed by atoms with Crippen molar-refractivity contribution in [1.29, 1.82) is 5.41 Å². The van der Waals surface area contributed by atoms with Gasteiger partial charge in [0.15, 0.2) is 6.29 Å². The lowest BCUT2D eigenvalue weighted by Gasteiger charge is -2.49. The number of nitrogens with one attached hydrogen (secondary N) is 1. The molecule has 52 heavy (non-hydrogen) atoms. The Morgan fingerprint density at radius 3 is 1.94 bits per heavy atom. The van der Waals surface area contributed by atoms with Crippen molar-refractivity contribution >= 4 is 58.4 Å². The van der Waals surface area contributed by atoms with Crippen LogP contribution in [-0.4, -0.2) is 81.2 Å². The second-order valence-electron chi connectivity index (χ2n) is 15.1. The van der Waals surface area contributed by atoms with Crippen LogP contribution in [0.25, 0.3) is 0 Å². The predicted octanol–water partition coefficient (Wildman–Crippen LogP) is 9.53. The summed E-state index contributed by atoms with van der Waals surface area (Å²) in [5.41, 5.74) is 0.515. The molecule has 0 radical (unpaired) electrons. The second kappa shape index (κ2) is 20.4. The maximum Gasteiger partial charge on any atom is 0.338 e. The zero-order valence-electron chi connectivity index (χ0n) is 32.6. The Morgan fingerprint density at radius 1 is 0.808 bits per heavy atom. The van der Waals surface area contributed by atoms with Crippen molar-refractivity contribution in [1.82, 2.24) is 0 Å². The van der Waals surface area contributed by atoms with Gasteiger partial charge in [-0.05, 0) is 54.6 Å². The monoisotopic (exact) mass is 809 g/mol. The van der Waals surface area contributed by atoms with E-state index in [-0.39, 0.29) is 66.3 Å². The zero-order valence-corrected chi connectivity index (χ0v) is 35.7. The molecule has 3 aliphatic heterocycles. The van der Waals surface area contributed by atoms with Crippen molar-refractivity contribution in [3.63, 3.8) is 0 Å². The Morgan fingerprint density at radius 2 is 1.38 bits per heavy atom. The van der Waals surface area contributed by atoms with E-state index in [4.69, 9.17) is 68.6 Å². The Hall–Kier alpha value is -0.820. The highest BCUT2D eigenvalue weighted by Gasteiger charge is 2.48. The third-order valence-electron chi connectivity index (χ3n) is 11.3. The summed E-state index contributed by atoms with van der Waals surface area (Å²) in [5, 5.41) is 18.7. The molecule has 6 unspecified atom stereocenters. The topological polar surface area (TPSA) is 117 Å². The van der Waals surface area contributed by atoms with E-state index in [0.29, 0.717) is 28.6 Å². The van der Waals surface area contributed by atoms with Crippen LogP contribution in [0.2, 0.25) is 0 Å². The second-order valence-corrected chi connectivity index (χ2v) is 19.1. The minimum atomic E-state index is -1.91. The van der Waals surface area contributed by atoms with Crippen molar-refractivity contribution in [3.05, 3.63) is 35.9 Å². The van der Waals surface area contributed by atoms with Crippen molar-refractivity contribution in [2.24, 2.45) is 41.4 Å². The predicted molar refractivity (Wildman–Crippen MR) is 210 cm³/mol. The normalized spacial score (nSPS) is 38.2. The standard InChI is InChI=1S/C21H36Cl3NO4.C18H26O4S/c1-8-15-11(4)10(3)13(6)18(26-15)28-17-12(5)14(7)19(27-16(17)9-2)29-20(25)21(22,23)24;1-11(2)23-18-13(4)12(3)16(19)15(22-18)10-21-17(20)14-8-6-5-7-9-14/h10-19,25H,8-9H2,1-7H3;5-9,11-13,15-16,18-19H,10H2,1-4H3/t10-,11-,12+,13?,14?,15?,16?,17-,18-,19+;12-,13?,15?,16-,18+/m01/s1. The lowest BCUT2D eigenvalue weighted by atomic mass is 9.78. The minimum Gasteiger partial charge on any atom is -0.459 e. The SMILES string of the molecule is CC(C)S[C@@H]1OC(COC(=O)c2ccccc2)[C@H](O)[C@H](C)C1C.CCC1O[C@@H](O[C@@H]2C(CC)O[C@H](OC(=N)C(Cl)(Cl)Cl)C(C)[C@H]2C)C(C)[C@@H](C)[C@@H]1C. The van der Waals surface area contributed by atoms with Crippen LogP contribution < -0.4 is 0 Å². The average Bonchev–Trinajstić information content (AvgIpc) is 3.10. The van der Waals surface area contributed by atoms with Gasteiger partial charge in [-0.2, -0.15) is 0 Å². The molecule has 0 aliphatic carbocycles. The molecule has 0 aromatic heterocycles. The Labute approximate surface area is 331 Å². The van der Waals surface area contributed by atoms with Crippen LogP contribution in [0.5, 0.6) is 0 Å². The summed E-state index contributed by atoms with van der Waals surface area (Å²) in [5.74, 6) is 0.899. The Bertz CT molecular complexity index is 1250. The molecule has 9 nitrogen and oxygen atoms in total. The summed E-state index contributed by atoms with van der Waals surface area (Å²) in [6.07, 6.45) is -0.454. The van der Waals surface area contributed by atoms with E-state index >= 15 is 0 Å². The molecule has 0 bridgehead atoms. The van der Waals surface area contributed by atoms with Gasteiger partial charge in [-0.3, -0.25) is 5.41 Å². The molecular weight excluding hydrogens is 749 g/mol. The highest BCUT2D eigenvalue weighted by molar-refractivity contribution is 8.00. The fraction of sp³-hybridized carbons (Fsp3) is 0.795. The number of carbonyl (C=O) groups is 1. The third kappa shape index (κ3) is 11.8. The van der Waals surface area contributed by atoms with E-state index < -0.39 is 28.2 Å². The molecule has 298 valence electrons. The average molecular weight is 811 g/mol. The molecule has 13 heteroatoms. The maximum atomic E-state index is 12.0. The number of benzene rings is 1. The molecule has 2 N–H and O–H groups in total. The number of thioether (sulfide) groups is 1. The van der Waals surface area contributed by atoms with Gasteiger partial charge >= 0.3 is 5.97 Å². The van der Waals surface area contributed by atoms with E-state index in [0.717, 1.165) is 12.8 Å². The van der Waals surface area contributed by atoms with Crippen LogP contribution in [0.1, 0.15) is 99.4 Å². The molecule has 4 rings (SSSR count). The molecule has 1 aromatic rings. The van der Waals surface area contributed by atoms with E-state index in [1.807, 2.05) is 26.8 Å². The number of rotatable bonds is 10. The fourth-order valence-corrected chi connectivity index (χ4v) is 8.41. The summed E-state index contributed by atoms with van der Waals surface area (Å²) in [4.78, 5) is 12.0. The number of aliphatic hydroxyl groups is 1. The Kier molecular flexibility index (Phi) is 17.9. The van der Waals surface area contributed by atoms with Gasteiger partial charge in [-0.1, -0.05) is 129 Å². The molecule has 3 saturated heterocycles. The van der Waals surface area contributed by atoms with Gasteiger partial charge in [0.1, 0.15) is 18.1 Å². The number of hydrogen-bond acceptors (Lipinski definition) is 10. The lowest BCUT2D eigenvalue weighted by Crippen LogP contribution is -2.55. The van der Waals surface area contributed by atoms with E-state index in [1.54, 1.807) is 36.0 Å². The van der Waals surface area contributed by atoms with Crippen molar-refractivity contribution in [2.75, 3.05) is 6.61 Å². The summed E-state index contributed by atoms with van der Waals surface area (Å²) in [6.45, 7) is 23.5.